The van der Waals surface area contributed by atoms with Crippen LogP contribution < -0.4 is 14.9 Å². The average molecular weight is 479 g/mol. The topological polar surface area (TPSA) is 109 Å². The largest absolute Gasteiger partial charge is 0.507 e. The maximum absolute atomic E-state index is 12.7. The summed E-state index contributed by atoms with van der Waals surface area (Å²) in [4.78, 5) is 12.7. The number of hydrogen-bond acceptors (Lipinski definition) is 6. The number of H-pyrrole nitrogens is 1. The molecule has 1 aromatic heterocycles. The van der Waals surface area contributed by atoms with Crippen molar-refractivity contribution in [1.29, 1.82) is 0 Å². The number of aromatic nitrogens is 2. The van der Waals surface area contributed by atoms with Gasteiger partial charge in [0.25, 0.3) is 5.91 Å². The molecule has 8 heteroatoms. The molecule has 0 saturated carbocycles. The van der Waals surface area contributed by atoms with Crippen LogP contribution in [0.2, 0.25) is 0 Å². The summed E-state index contributed by atoms with van der Waals surface area (Å²) in [7, 11) is 3.15. The van der Waals surface area contributed by atoms with Crippen LogP contribution >= 0.6 is 0 Å². The number of phenols is 1. The van der Waals surface area contributed by atoms with Gasteiger partial charge in [0.2, 0.25) is 0 Å². The summed E-state index contributed by atoms with van der Waals surface area (Å²) >= 11 is 0. The third kappa shape index (κ3) is 5.82. The third-order valence-corrected chi connectivity index (χ3v) is 5.63. The molecule has 8 nitrogen and oxygen atoms in total. The molecule has 3 rings (SSSR count). The summed E-state index contributed by atoms with van der Waals surface area (Å²) < 4.78 is 10.7. The number of hydrazone groups is 1. The molecule has 0 unspecified atom stereocenters. The fraction of sp³-hybridized carbons (Fsp3) is 0.370. The van der Waals surface area contributed by atoms with Gasteiger partial charge in [0.1, 0.15) is 22.9 Å². The third-order valence-electron chi connectivity index (χ3n) is 5.63. The number of carbonyl (C=O) groups is 1. The van der Waals surface area contributed by atoms with Gasteiger partial charge in [-0.05, 0) is 52.8 Å². The van der Waals surface area contributed by atoms with E-state index in [2.05, 4.69) is 20.7 Å². The lowest BCUT2D eigenvalue weighted by Gasteiger charge is -2.27. The van der Waals surface area contributed by atoms with Crippen LogP contribution in [0.3, 0.4) is 0 Å². The molecule has 0 radical (unpaired) electrons. The number of phenolic OH excluding ortho intramolecular Hbond substituents is 1. The van der Waals surface area contributed by atoms with Crippen LogP contribution in [0.15, 0.2) is 41.5 Å². The molecular weight excluding hydrogens is 444 g/mol. The van der Waals surface area contributed by atoms with Crippen LogP contribution in [0.1, 0.15) is 68.7 Å². The van der Waals surface area contributed by atoms with Gasteiger partial charge in [-0.1, -0.05) is 41.5 Å². The number of methoxy groups -OCH3 is 2. The van der Waals surface area contributed by atoms with Gasteiger partial charge in [-0.2, -0.15) is 10.2 Å². The molecular formula is C27H34N4O4. The normalized spacial score (nSPS) is 12.1. The fourth-order valence-electron chi connectivity index (χ4n) is 3.69. The van der Waals surface area contributed by atoms with Crippen molar-refractivity contribution in [3.8, 4) is 28.5 Å². The SMILES string of the molecule is COc1ccc(OC)c(-c2cc(C(=O)N/N=C/c3cc(C(C)(C)C)c(O)c(C(C)(C)C)c3)[nH]n2)c1. The molecule has 0 aliphatic heterocycles. The van der Waals surface area contributed by atoms with Crippen molar-refractivity contribution in [1.82, 2.24) is 15.6 Å². The Balaban J connectivity index is 1.83. The second kappa shape index (κ2) is 9.82. The number of aromatic amines is 1. The quantitative estimate of drug-likeness (QED) is 0.335. The number of aromatic hydroxyl groups is 1. The van der Waals surface area contributed by atoms with Crippen LogP contribution in [0.4, 0.5) is 0 Å². The Kier molecular flexibility index (Phi) is 7.24. The van der Waals surface area contributed by atoms with Gasteiger partial charge in [-0.15, -0.1) is 0 Å². The van der Waals surface area contributed by atoms with Gasteiger partial charge >= 0.3 is 0 Å². The maximum Gasteiger partial charge on any atom is 0.289 e. The summed E-state index contributed by atoms with van der Waals surface area (Å²) in [5, 5.41) is 22.0. The Morgan fingerprint density at radius 3 is 2.17 bits per heavy atom. The Morgan fingerprint density at radius 2 is 1.63 bits per heavy atom. The highest BCUT2D eigenvalue weighted by molar-refractivity contribution is 5.94. The van der Waals surface area contributed by atoms with E-state index in [0.29, 0.717) is 28.5 Å². The molecule has 0 saturated heterocycles. The summed E-state index contributed by atoms with van der Waals surface area (Å²) in [6.45, 7) is 12.3. The zero-order valence-electron chi connectivity index (χ0n) is 21.6. The second-order valence-corrected chi connectivity index (χ2v) is 10.4. The Labute approximate surface area is 206 Å². The number of carbonyl (C=O) groups excluding carboxylic acids is 1. The van der Waals surface area contributed by atoms with E-state index in [1.807, 2.05) is 53.7 Å². The lowest BCUT2D eigenvalue weighted by atomic mass is 9.78. The molecule has 0 aliphatic rings. The van der Waals surface area contributed by atoms with Crippen molar-refractivity contribution in [2.24, 2.45) is 5.10 Å². The van der Waals surface area contributed by atoms with E-state index >= 15 is 0 Å². The van der Waals surface area contributed by atoms with Crippen molar-refractivity contribution < 1.29 is 19.4 Å². The molecule has 0 spiro atoms. The van der Waals surface area contributed by atoms with Gasteiger partial charge in [-0.3, -0.25) is 9.89 Å². The number of benzene rings is 2. The van der Waals surface area contributed by atoms with Crippen LogP contribution in [-0.2, 0) is 10.8 Å². The van der Waals surface area contributed by atoms with Crippen LogP contribution in [0, 0.1) is 0 Å². The van der Waals surface area contributed by atoms with Gasteiger partial charge in [-0.25, -0.2) is 5.43 Å². The van der Waals surface area contributed by atoms with E-state index < -0.39 is 5.91 Å². The first kappa shape index (κ1) is 25.8. The van der Waals surface area contributed by atoms with Crippen molar-refractivity contribution in [3.05, 3.63) is 58.8 Å². The van der Waals surface area contributed by atoms with E-state index in [9.17, 15) is 9.90 Å². The molecule has 3 aromatic rings. The Morgan fingerprint density at radius 1 is 1.00 bits per heavy atom. The van der Waals surface area contributed by atoms with Crippen molar-refractivity contribution in [2.75, 3.05) is 14.2 Å². The standard InChI is InChI=1S/C27H34N4O4/c1-26(2,3)19-11-16(12-20(24(19)32)27(4,5)6)15-28-31-25(33)22-14-21(29-30-22)18-13-17(34-7)9-10-23(18)35-8/h9-15,32H,1-8H3,(H,29,30)(H,31,33)/b28-15+. The number of ether oxygens (including phenoxy) is 2. The molecule has 3 N–H and O–H groups in total. The van der Waals surface area contributed by atoms with E-state index in [-0.39, 0.29) is 16.5 Å². The Hall–Kier alpha value is -3.81. The van der Waals surface area contributed by atoms with Crippen molar-refractivity contribution in [3.63, 3.8) is 0 Å². The monoisotopic (exact) mass is 478 g/mol. The summed E-state index contributed by atoms with van der Waals surface area (Å²) in [5.74, 6) is 1.12. The fourth-order valence-corrected chi connectivity index (χ4v) is 3.69. The molecule has 186 valence electrons. The first-order chi connectivity index (χ1) is 16.3. The molecule has 1 amide bonds. The van der Waals surface area contributed by atoms with E-state index in [1.165, 1.54) is 0 Å². The lowest BCUT2D eigenvalue weighted by molar-refractivity contribution is 0.0950. The predicted octanol–water partition coefficient (Wildman–Crippen LogP) is 5.16. The first-order valence-corrected chi connectivity index (χ1v) is 11.3. The number of nitrogens with zero attached hydrogens (tertiary/aromatic N) is 2. The summed E-state index contributed by atoms with van der Waals surface area (Å²) in [6.07, 6.45) is 1.57. The minimum absolute atomic E-state index is 0.249. The number of nitrogens with one attached hydrogen (secondary N) is 2. The van der Waals surface area contributed by atoms with E-state index in [4.69, 9.17) is 9.47 Å². The van der Waals surface area contributed by atoms with E-state index in [0.717, 1.165) is 16.7 Å². The van der Waals surface area contributed by atoms with Gasteiger partial charge in [0.15, 0.2) is 0 Å². The molecule has 0 atom stereocenters. The van der Waals surface area contributed by atoms with Gasteiger partial charge < -0.3 is 14.6 Å². The molecule has 2 aromatic carbocycles. The number of amides is 1. The highest BCUT2D eigenvalue weighted by Gasteiger charge is 2.26. The van der Waals surface area contributed by atoms with E-state index in [1.54, 1.807) is 44.7 Å². The minimum Gasteiger partial charge on any atom is -0.507 e. The smallest absolute Gasteiger partial charge is 0.289 e. The molecule has 0 bridgehead atoms. The summed E-state index contributed by atoms with van der Waals surface area (Å²) in [5.41, 5.74) is 5.93. The van der Waals surface area contributed by atoms with Gasteiger partial charge in [0.05, 0.1) is 26.1 Å². The highest BCUT2D eigenvalue weighted by Crippen LogP contribution is 2.39. The van der Waals surface area contributed by atoms with Crippen LogP contribution in [0.25, 0.3) is 11.3 Å². The summed E-state index contributed by atoms with van der Waals surface area (Å²) in [6, 6.07) is 10.8. The van der Waals surface area contributed by atoms with Crippen LogP contribution in [-0.4, -0.2) is 41.6 Å². The lowest BCUT2D eigenvalue weighted by Crippen LogP contribution is -2.19. The maximum atomic E-state index is 12.7. The second-order valence-electron chi connectivity index (χ2n) is 10.4. The number of hydrogen-bond donors (Lipinski definition) is 3. The average Bonchev–Trinajstić information content (AvgIpc) is 3.28. The zero-order chi connectivity index (χ0) is 26.0. The molecule has 1 heterocycles. The number of rotatable bonds is 6. The predicted molar refractivity (Wildman–Crippen MR) is 138 cm³/mol. The molecule has 0 fully saturated rings. The van der Waals surface area contributed by atoms with Crippen molar-refractivity contribution in [2.45, 2.75) is 52.4 Å². The van der Waals surface area contributed by atoms with Gasteiger partial charge in [0, 0.05) is 16.7 Å². The molecule has 35 heavy (non-hydrogen) atoms. The first-order valence-electron chi connectivity index (χ1n) is 11.3. The molecule has 0 aliphatic carbocycles. The highest BCUT2D eigenvalue weighted by atomic mass is 16.5. The Bertz CT molecular complexity index is 1210. The minimum atomic E-state index is -0.437. The van der Waals surface area contributed by atoms with Crippen molar-refractivity contribution >= 4 is 12.1 Å². The van der Waals surface area contributed by atoms with Crippen LogP contribution in [0.5, 0.6) is 17.2 Å². The zero-order valence-corrected chi connectivity index (χ0v) is 21.6.